The van der Waals surface area contributed by atoms with Gasteiger partial charge in [-0.05, 0) is 42.8 Å². The second-order valence-electron chi connectivity index (χ2n) is 6.76. The van der Waals surface area contributed by atoms with Crippen LogP contribution in [0.1, 0.15) is 12.8 Å². The third kappa shape index (κ3) is 5.23. The lowest BCUT2D eigenvalue weighted by Gasteiger charge is -2.36. The highest BCUT2D eigenvalue weighted by molar-refractivity contribution is 5.78. The molecule has 0 radical (unpaired) electrons. The van der Waals surface area contributed by atoms with Crippen LogP contribution < -0.4 is 15.4 Å². The highest BCUT2D eigenvalue weighted by Crippen LogP contribution is 2.25. The number of piperazine rings is 1. The van der Waals surface area contributed by atoms with Gasteiger partial charge in [-0.25, -0.2) is 0 Å². The van der Waals surface area contributed by atoms with Gasteiger partial charge in [0.1, 0.15) is 17.5 Å². The minimum absolute atomic E-state index is 0.0389. The Labute approximate surface area is 164 Å². The summed E-state index contributed by atoms with van der Waals surface area (Å²) in [7, 11) is 0. The molecule has 0 bridgehead atoms. The summed E-state index contributed by atoms with van der Waals surface area (Å²) < 4.78 is 5.81. The van der Waals surface area contributed by atoms with Crippen LogP contribution in [-0.2, 0) is 9.59 Å². The Bertz CT molecular complexity index is 787. The number of carbonyl (C=O) groups is 2. The van der Waals surface area contributed by atoms with Gasteiger partial charge in [-0.15, -0.1) is 0 Å². The number of hydrogen-bond acceptors (Lipinski definition) is 5. The van der Waals surface area contributed by atoms with Gasteiger partial charge in [0.15, 0.2) is 0 Å². The van der Waals surface area contributed by atoms with E-state index in [1.54, 1.807) is 4.90 Å². The molecule has 1 aliphatic rings. The number of aliphatic carboxylic acids is 1. The van der Waals surface area contributed by atoms with Crippen LogP contribution in [0.5, 0.6) is 11.5 Å². The molecule has 28 heavy (non-hydrogen) atoms. The molecular weight excluding hydrogens is 358 g/mol. The van der Waals surface area contributed by atoms with Crippen LogP contribution in [0.2, 0.25) is 0 Å². The lowest BCUT2D eigenvalue weighted by molar-refractivity contribution is -0.139. The Kier molecular flexibility index (Phi) is 6.49. The normalized spacial score (nSPS) is 15.2. The maximum Gasteiger partial charge on any atom is 0.320 e. The second-order valence-corrected chi connectivity index (χ2v) is 6.76. The lowest BCUT2D eigenvalue weighted by atomic mass is 10.1. The first-order valence-electron chi connectivity index (χ1n) is 9.37. The van der Waals surface area contributed by atoms with Gasteiger partial charge >= 0.3 is 5.97 Å². The van der Waals surface area contributed by atoms with E-state index in [9.17, 15) is 9.59 Å². The molecule has 7 heteroatoms. The number of carbonyl (C=O) groups excluding carboxylic acids is 1. The van der Waals surface area contributed by atoms with Crippen LogP contribution in [-0.4, -0.2) is 54.1 Å². The van der Waals surface area contributed by atoms with E-state index in [1.807, 2.05) is 54.6 Å². The molecule has 3 N–H and O–H groups in total. The number of nitrogens with zero attached hydrogens (tertiary/aromatic N) is 2. The van der Waals surface area contributed by atoms with E-state index in [1.165, 1.54) is 0 Å². The van der Waals surface area contributed by atoms with E-state index >= 15 is 0 Å². The van der Waals surface area contributed by atoms with E-state index < -0.39 is 12.0 Å². The summed E-state index contributed by atoms with van der Waals surface area (Å²) in [6.07, 6.45) is 0.330. The van der Waals surface area contributed by atoms with Gasteiger partial charge in [0, 0.05) is 38.3 Å². The Morgan fingerprint density at radius 3 is 2.18 bits per heavy atom. The van der Waals surface area contributed by atoms with E-state index in [0.717, 1.165) is 30.3 Å². The number of anilines is 1. The number of carboxylic acid groups (broad SMARTS) is 1. The third-order valence-corrected chi connectivity index (χ3v) is 4.80. The molecule has 1 atom stereocenters. The Balaban J connectivity index is 1.48. The van der Waals surface area contributed by atoms with Crippen LogP contribution in [0.15, 0.2) is 54.6 Å². The molecular formula is C21H25N3O4. The first kappa shape index (κ1) is 19.7. The van der Waals surface area contributed by atoms with Crippen molar-refractivity contribution < 1.29 is 19.4 Å². The van der Waals surface area contributed by atoms with Crippen LogP contribution in [0.4, 0.5) is 5.69 Å². The fourth-order valence-corrected chi connectivity index (χ4v) is 3.12. The zero-order chi connectivity index (χ0) is 19.9. The molecule has 0 aromatic heterocycles. The van der Waals surface area contributed by atoms with Crippen LogP contribution in [0.3, 0.4) is 0 Å². The number of para-hydroxylation sites is 1. The number of ether oxygens (including phenoxy) is 1. The molecule has 1 aliphatic heterocycles. The lowest BCUT2D eigenvalue weighted by Crippen LogP contribution is -2.49. The van der Waals surface area contributed by atoms with Crippen LogP contribution >= 0.6 is 0 Å². The van der Waals surface area contributed by atoms with E-state index in [2.05, 4.69) is 4.90 Å². The predicted octanol–water partition coefficient (Wildman–Crippen LogP) is 2.32. The van der Waals surface area contributed by atoms with E-state index in [4.69, 9.17) is 15.6 Å². The predicted molar refractivity (Wildman–Crippen MR) is 107 cm³/mol. The van der Waals surface area contributed by atoms with Gasteiger partial charge < -0.3 is 25.4 Å². The van der Waals surface area contributed by atoms with Crippen LogP contribution in [0, 0.1) is 0 Å². The number of benzene rings is 2. The molecule has 0 saturated carbocycles. The highest BCUT2D eigenvalue weighted by atomic mass is 16.5. The quantitative estimate of drug-likeness (QED) is 0.762. The van der Waals surface area contributed by atoms with Gasteiger partial charge in [0.05, 0.1) is 0 Å². The fourth-order valence-electron chi connectivity index (χ4n) is 3.12. The highest BCUT2D eigenvalue weighted by Gasteiger charge is 2.22. The van der Waals surface area contributed by atoms with Crippen molar-refractivity contribution in [2.24, 2.45) is 5.73 Å². The molecule has 1 saturated heterocycles. The zero-order valence-electron chi connectivity index (χ0n) is 15.7. The summed E-state index contributed by atoms with van der Waals surface area (Å²) in [6, 6.07) is 16.5. The Morgan fingerprint density at radius 2 is 1.57 bits per heavy atom. The summed E-state index contributed by atoms with van der Waals surface area (Å²) >= 11 is 0. The number of nitrogens with two attached hydrogens (primary N) is 1. The number of carboxylic acids is 1. The zero-order valence-corrected chi connectivity index (χ0v) is 15.7. The monoisotopic (exact) mass is 383 g/mol. The van der Waals surface area contributed by atoms with Gasteiger partial charge in [-0.2, -0.15) is 0 Å². The van der Waals surface area contributed by atoms with Gasteiger partial charge in [0.2, 0.25) is 5.91 Å². The summed E-state index contributed by atoms with van der Waals surface area (Å²) in [5, 5.41) is 8.80. The molecule has 0 aliphatic carbocycles. The molecule has 1 heterocycles. The minimum Gasteiger partial charge on any atom is -0.480 e. The van der Waals surface area contributed by atoms with Crippen molar-refractivity contribution in [3.05, 3.63) is 54.6 Å². The largest absolute Gasteiger partial charge is 0.480 e. The van der Waals surface area contributed by atoms with Crippen molar-refractivity contribution >= 4 is 17.6 Å². The van der Waals surface area contributed by atoms with Crippen molar-refractivity contribution in [2.45, 2.75) is 18.9 Å². The molecule has 1 amide bonds. The molecule has 0 spiro atoms. The maximum atomic E-state index is 12.2. The van der Waals surface area contributed by atoms with Gasteiger partial charge in [-0.3, -0.25) is 9.59 Å². The van der Waals surface area contributed by atoms with Crippen molar-refractivity contribution in [3.8, 4) is 11.5 Å². The molecule has 2 aromatic rings. The van der Waals surface area contributed by atoms with Crippen LogP contribution in [0.25, 0.3) is 0 Å². The molecule has 2 aromatic carbocycles. The summed E-state index contributed by atoms with van der Waals surface area (Å²) in [5.41, 5.74) is 6.55. The van der Waals surface area contributed by atoms with E-state index in [-0.39, 0.29) is 18.7 Å². The van der Waals surface area contributed by atoms with Gasteiger partial charge in [0.25, 0.3) is 0 Å². The maximum absolute atomic E-state index is 12.2. The summed E-state index contributed by atoms with van der Waals surface area (Å²) in [6.45, 7) is 2.69. The standard InChI is InChI=1S/C21H25N3O4/c22-19(21(26)27)10-11-20(25)24-14-12-23(13-15-24)16-6-8-18(9-7-16)28-17-4-2-1-3-5-17/h1-9,19H,10-15,22H2,(H,26,27)/t19-/m0/s1. The topological polar surface area (TPSA) is 96.1 Å². The molecule has 0 unspecified atom stereocenters. The average Bonchev–Trinajstić information content (AvgIpc) is 2.73. The first-order chi connectivity index (χ1) is 13.5. The summed E-state index contributed by atoms with van der Waals surface area (Å²) in [5.74, 6) is 0.462. The second kappa shape index (κ2) is 9.23. The van der Waals surface area contributed by atoms with Crippen molar-refractivity contribution in [1.82, 2.24) is 4.90 Å². The van der Waals surface area contributed by atoms with Gasteiger partial charge in [-0.1, -0.05) is 18.2 Å². The Hall–Kier alpha value is -3.06. The minimum atomic E-state index is -1.07. The third-order valence-electron chi connectivity index (χ3n) is 4.80. The van der Waals surface area contributed by atoms with E-state index in [0.29, 0.717) is 13.1 Å². The smallest absolute Gasteiger partial charge is 0.320 e. The molecule has 3 rings (SSSR count). The van der Waals surface area contributed by atoms with Crippen molar-refractivity contribution in [2.75, 3.05) is 31.1 Å². The number of hydrogen-bond donors (Lipinski definition) is 2. The molecule has 7 nitrogen and oxygen atoms in total. The molecule has 148 valence electrons. The Morgan fingerprint density at radius 1 is 0.964 bits per heavy atom. The number of amides is 1. The molecule has 1 fully saturated rings. The van der Waals surface area contributed by atoms with Crippen molar-refractivity contribution in [3.63, 3.8) is 0 Å². The average molecular weight is 383 g/mol. The first-order valence-corrected chi connectivity index (χ1v) is 9.37. The fraction of sp³-hybridized carbons (Fsp3) is 0.333. The number of rotatable bonds is 7. The summed E-state index contributed by atoms with van der Waals surface area (Å²) in [4.78, 5) is 27.0. The SMILES string of the molecule is N[C@@H](CCC(=O)N1CCN(c2ccc(Oc3ccccc3)cc2)CC1)C(=O)O. The van der Waals surface area contributed by atoms with Crippen molar-refractivity contribution in [1.29, 1.82) is 0 Å².